The number of amides is 1. The molecule has 0 saturated carbocycles. The fourth-order valence-corrected chi connectivity index (χ4v) is 3.81. The Balaban J connectivity index is 2.37. The van der Waals surface area contributed by atoms with Crippen molar-refractivity contribution in [2.45, 2.75) is 44.8 Å². The SMILES string of the molecule is CC(C)(Cc1cc(N2CCC(O)CC2)c(I)cc1[N+](=O)[O-])OC(N)=O. The Labute approximate surface area is 159 Å². The first-order valence-corrected chi connectivity index (χ1v) is 9.05. The molecule has 138 valence electrons. The molecule has 0 aliphatic carbocycles. The number of aliphatic hydroxyl groups excluding tert-OH is 1. The number of nitro groups is 1. The minimum Gasteiger partial charge on any atom is -0.443 e. The van der Waals surface area contributed by atoms with Gasteiger partial charge in [-0.15, -0.1) is 0 Å². The Morgan fingerprint density at radius 1 is 1.48 bits per heavy atom. The first-order chi connectivity index (χ1) is 11.6. The first-order valence-electron chi connectivity index (χ1n) is 7.97. The number of nitro benzene ring substituents is 1. The number of anilines is 1. The number of hydrogen-bond donors (Lipinski definition) is 2. The van der Waals surface area contributed by atoms with Crippen LogP contribution in [0.2, 0.25) is 0 Å². The van der Waals surface area contributed by atoms with Crippen molar-refractivity contribution in [1.29, 1.82) is 0 Å². The fourth-order valence-electron chi connectivity index (χ4n) is 3.02. The molecule has 25 heavy (non-hydrogen) atoms. The number of carbonyl (C=O) groups is 1. The highest BCUT2D eigenvalue weighted by Crippen LogP contribution is 2.34. The van der Waals surface area contributed by atoms with Crippen LogP contribution in [-0.2, 0) is 11.2 Å². The maximum Gasteiger partial charge on any atom is 0.405 e. The average molecular weight is 463 g/mol. The van der Waals surface area contributed by atoms with Crippen molar-refractivity contribution in [3.05, 3.63) is 31.4 Å². The van der Waals surface area contributed by atoms with Gasteiger partial charge < -0.3 is 20.5 Å². The highest BCUT2D eigenvalue weighted by Gasteiger charge is 2.29. The van der Waals surface area contributed by atoms with Crippen LogP contribution < -0.4 is 10.6 Å². The summed E-state index contributed by atoms with van der Waals surface area (Å²) in [5, 5.41) is 21.1. The summed E-state index contributed by atoms with van der Waals surface area (Å²) in [5.41, 5.74) is 5.49. The van der Waals surface area contributed by atoms with Gasteiger partial charge in [0.05, 0.1) is 16.7 Å². The number of piperidine rings is 1. The Morgan fingerprint density at radius 2 is 2.08 bits per heavy atom. The van der Waals surface area contributed by atoms with Crippen LogP contribution in [0, 0.1) is 13.7 Å². The van der Waals surface area contributed by atoms with Gasteiger partial charge in [0.15, 0.2) is 0 Å². The van der Waals surface area contributed by atoms with E-state index in [9.17, 15) is 20.0 Å². The van der Waals surface area contributed by atoms with E-state index in [4.69, 9.17) is 10.5 Å². The van der Waals surface area contributed by atoms with Gasteiger partial charge in [-0.3, -0.25) is 10.1 Å². The molecule has 9 heteroatoms. The lowest BCUT2D eigenvalue weighted by Gasteiger charge is -2.33. The molecule has 0 atom stereocenters. The summed E-state index contributed by atoms with van der Waals surface area (Å²) in [6.07, 6.45) is 0.294. The molecule has 1 aliphatic rings. The van der Waals surface area contributed by atoms with Crippen molar-refractivity contribution in [2.24, 2.45) is 5.73 Å². The van der Waals surface area contributed by atoms with E-state index in [0.717, 1.165) is 9.26 Å². The lowest BCUT2D eigenvalue weighted by atomic mass is 9.96. The van der Waals surface area contributed by atoms with E-state index in [1.54, 1.807) is 19.9 Å². The number of primary amides is 1. The number of benzene rings is 1. The summed E-state index contributed by atoms with van der Waals surface area (Å²) in [4.78, 5) is 24.2. The van der Waals surface area contributed by atoms with Crippen molar-refractivity contribution >= 4 is 40.1 Å². The average Bonchev–Trinajstić information content (AvgIpc) is 2.47. The minimum absolute atomic E-state index is 0.00802. The zero-order chi connectivity index (χ0) is 18.8. The van der Waals surface area contributed by atoms with Gasteiger partial charge >= 0.3 is 6.09 Å². The molecule has 1 fully saturated rings. The minimum atomic E-state index is -0.960. The second kappa shape index (κ2) is 7.73. The third-order valence-corrected chi connectivity index (χ3v) is 5.01. The number of halogens is 1. The van der Waals surface area contributed by atoms with Gasteiger partial charge in [-0.2, -0.15) is 0 Å². The quantitative estimate of drug-likeness (QED) is 0.394. The van der Waals surface area contributed by atoms with Gasteiger partial charge in [-0.1, -0.05) is 0 Å². The van der Waals surface area contributed by atoms with Crippen molar-refractivity contribution < 1.29 is 19.6 Å². The summed E-state index contributed by atoms with van der Waals surface area (Å²) in [6, 6.07) is 3.32. The maximum atomic E-state index is 11.4. The van der Waals surface area contributed by atoms with E-state index in [2.05, 4.69) is 27.5 Å². The molecule has 1 aliphatic heterocycles. The summed E-state index contributed by atoms with van der Waals surface area (Å²) < 4.78 is 5.85. The number of nitrogens with two attached hydrogens (primary N) is 1. The van der Waals surface area contributed by atoms with Crippen LogP contribution >= 0.6 is 22.6 Å². The van der Waals surface area contributed by atoms with Crippen molar-refractivity contribution in [3.8, 4) is 0 Å². The van der Waals surface area contributed by atoms with Gasteiger partial charge in [0.1, 0.15) is 5.60 Å². The van der Waals surface area contributed by atoms with Gasteiger partial charge in [0.2, 0.25) is 0 Å². The van der Waals surface area contributed by atoms with E-state index in [1.165, 1.54) is 6.07 Å². The number of rotatable bonds is 5. The highest BCUT2D eigenvalue weighted by atomic mass is 127. The van der Waals surface area contributed by atoms with Gasteiger partial charge in [-0.25, -0.2) is 4.79 Å². The van der Waals surface area contributed by atoms with Crippen molar-refractivity contribution in [1.82, 2.24) is 0 Å². The predicted octanol–water partition coefficient (Wildman–Crippen LogP) is 2.58. The first kappa shape index (κ1) is 19.7. The maximum absolute atomic E-state index is 11.4. The standard InChI is InChI=1S/C16H22IN3O5/c1-16(2,25-15(18)22)9-10-7-14(12(17)8-13(10)20(23)24)19-5-3-11(21)4-6-19/h7-8,11,21H,3-6,9H2,1-2H3,(H2,18,22). The molecule has 0 unspecified atom stereocenters. The van der Waals surface area contributed by atoms with Gasteiger partial charge in [-0.05, 0) is 55.3 Å². The molecule has 1 saturated heterocycles. The topological polar surface area (TPSA) is 119 Å². The predicted molar refractivity (Wildman–Crippen MR) is 102 cm³/mol. The molecule has 1 aromatic carbocycles. The van der Waals surface area contributed by atoms with Gasteiger partial charge in [0, 0.05) is 34.7 Å². The van der Waals surface area contributed by atoms with Crippen LogP contribution in [0.4, 0.5) is 16.2 Å². The Morgan fingerprint density at radius 3 is 2.60 bits per heavy atom. The largest absolute Gasteiger partial charge is 0.443 e. The molecule has 8 nitrogen and oxygen atoms in total. The Hall–Kier alpha value is -1.62. The van der Waals surface area contributed by atoms with E-state index in [-0.39, 0.29) is 18.2 Å². The molecule has 1 aromatic rings. The van der Waals surface area contributed by atoms with E-state index >= 15 is 0 Å². The van der Waals surface area contributed by atoms with Crippen LogP contribution in [0.1, 0.15) is 32.3 Å². The number of hydrogen-bond acceptors (Lipinski definition) is 6. The van der Waals surface area contributed by atoms with Crippen LogP contribution in [0.3, 0.4) is 0 Å². The molecule has 1 amide bonds. The van der Waals surface area contributed by atoms with Crippen molar-refractivity contribution in [3.63, 3.8) is 0 Å². The Bertz CT molecular complexity index is 672. The zero-order valence-electron chi connectivity index (χ0n) is 14.2. The number of carbonyl (C=O) groups excluding carboxylic acids is 1. The smallest absolute Gasteiger partial charge is 0.405 e. The van der Waals surface area contributed by atoms with Crippen LogP contribution in [0.15, 0.2) is 12.1 Å². The normalized spacial score (nSPS) is 15.9. The third kappa shape index (κ3) is 5.18. The molecule has 2 rings (SSSR count). The second-order valence-electron chi connectivity index (χ2n) is 6.77. The summed E-state index contributed by atoms with van der Waals surface area (Å²) in [5.74, 6) is 0. The molecular weight excluding hydrogens is 441 g/mol. The van der Waals surface area contributed by atoms with Crippen LogP contribution in [0.5, 0.6) is 0 Å². The molecule has 3 N–H and O–H groups in total. The second-order valence-corrected chi connectivity index (χ2v) is 7.93. The Kier molecular flexibility index (Phi) is 6.09. The molecule has 0 spiro atoms. The summed E-state index contributed by atoms with van der Waals surface area (Å²) in [6.45, 7) is 4.71. The third-order valence-electron chi connectivity index (χ3n) is 4.14. The van der Waals surface area contributed by atoms with E-state index < -0.39 is 16.6 Å². The van der Waals surface area contributed by atoms with Crippen LogP contribution in [0.25, 0.3) is 0 Å². The summed E-state index contributed by atoms with van der Waals surface area (Å²) in [7, 11) is 0. The molecule has 0 radical (unpaired) electrons. The van der Waals surface area contributed by atoms with E-state index in [1.807, 2.05) is 0 Å². The summed E-state index contributed by atoms with van der Waals surface area (Å²) >= 11 is 2.09. The number of aliphatic hydroxyl groups is 1. The lowest BCUT2D eigenvalue weighted by molar-refractivity contribution is -0.385. The highest BCUT2D eigenvalue weighted by molar-refractivity contribution is 14.1. The fraction of sp³-hybridized carbons (Fsp3) is 0.562. The lowest BCUT2D eigenvalue weighted by Crippen LogP contribution is -2.36. The molecule has 1 heterocycles. The monoisotopic (exact) mass is 463 g/mol. The number of nitrogens with zero attached hydrogens (tertiary/aromatic N) is 2. The van der Waals surface area contributed by atoms with E-state index in [0.29, 0.717) is 31.5 Å². The molecule has 0 aromatic heterocycles. The van der Waals surface area contributed by atoms with Crippen LogP contribution in [-0.4, -0.2) is 40.9 Å². The zero-order valence-corrected chi connectivity index (χ0v) is 16.4. The molecular formula is C16H22IN3O5. The number of ether oxygens (including phenoxy) is 1. The molecule has 0 bridgehead atoms. The van der Waals surface area contributed by atoms with Gasteiger partial charge in [0.25, 0.3) is 5.69 Å². The van der Waals surface area contributed by atoms with Crippen molar-refractivity contribution in [2.75, 3.05) is 18.0 Å².